The van der Waals surface area contributed by atoms with E-state index in [9.17, 15) is 9.59 Å². The molecular weight excluding hydrogens is 418 g/mol. The number of nitrogens with zero attached hydrogens (tertiary/aromatic N) is 1. The summed E-state index contributed by atoms with van der Waals surface area (Å²) in [6.45, 7) is 0.596. The summed E-state index contributed by atoms with van der Waals surface area (Å²) in [5.41, 5.74) is 2.51. The van der Waals surface area contributed by atoms with Crippen molar-refractivity contribution in [2.45, 2.75) is 31.6 Å². The summed E-state index contributed by atoms with van der Waals surface area (Å²) >= 11 is 7.34. The number of halogens is 1. The molecule has 1 aliphatic carbocycles. The normalized spacial score (nSPS) is 15.3. The molecule has 0 saturated carbocycles. The van der Waals surface area contributed by atoms with Crippen molar-refractivity contribution in [3.63, 3.8) is 0 Å². The van der Waals surface area contributed by atoms with Crippen LogP contribution in [0.5, 0.6) is 0 Å². The molecule has 1 atom stereocenters. The first kappa shape index (κ1) is 20.6. The molecule has 4 rings (SSSR count). The van der Waals surface area contributed by atoms with Crippen LogP contribution in [0.15, 0.2) is 54.6 Å². The third-order valence-electron chi connectivity index (χ3n) is 5.15. The molecule has 2 amide bonds. The highest BCUT2D eigenvalue weighted by atomic mass is 35.5. The van der Waals surface area contributed by atoms with Crippen LogP contribution < -0.4 is 10.6 Å². The van der Waals surface area contributed by atoms with Crippen LogP contribution in [0.25, 0.3) is 0 Å². The maximum atomic E-state index is 12.8. The first-order valence-corrected chi connectivity index (χ1v) is 11.2. The second kappa shape index (κ2) is 9.41. The van der Waals surface area contributed by atoms with Gasteiger partial charge in [-0.25, -0.2) is 4.98 Å². The molecule has 0 unspecified atom stereocenters. The van der Waals surface area contributed by atoms with Gasteiger partial charge >= 0.3 is 0 Å². The quantitative estimate of drug-likeness (QED) is 0.578. The molecular formula is C23H22ClN3O2S. The number of thiazole rings is 1. The highest BCUT2D eigenvalue weighted by Gasteiger charge is 2.30. The number of hydrogen-bond acceptors (Lipinski definition) is 4. The van der Waals surface area contributed by atoms with Crippen LogP contribution >= 0.6 is 22.9 Å². The minimum atomic E-state index is -0.262. The van der Waals surface area contributed by atoms with E-state index in [0.29, 0.717) is 22.3 Å². The molecule has 1 heterocycles. The summed E-state index contributed by atoms with van der Waals surface area (Å²) in [5.74, 6) is -0.489. The Balaban J connectivity index is 1.40. The average molecular weight is 440 g/mol. The van der Waals surface area contributed by atoms with Crippen LogP contribution in [0, 0.1) is 0 Å². The number of aromatic nitrogens is 1. The summed E-state index contributed by atoms with van der Waals surface area (Å²) in [5, 5.41) is 7.01. The van der Waals surface area contributed by atoms with Gasteiger partial charge in [0.15, 0.2) is 5.13 Å². The van der Waals surface area contributed by atoms with Crippen molar-refractivity contribution < 1.29 is 9.59 Å². The predicted octanol–water partition coefficient (Wildman–Crippen LogP) is 4.83. The highest BCUT2D eigenvalue weighted by molar-refractivity contribution is 7.16. The standard InChI is InChI=1S/C23H22ClN3O2S/c24-17-11-9-16(10-12-17)21(28)27-23-26-20-18(7-4-8-19(20)30-23)22(29)25-14-13-15-5-2-1-3-6-15/h1-3,5-6,9-12,18H,4,7-8,13-14H2,(H,25,29)(H,26,27,28)/t18-/m0/s1. The Morgan fingerprint density at radius 3 is 2.63 bits per heavy atom. The first-order chi connectivity index (χ1) is 14.6. The van der Waals surface area contributed by atoms with Crippen molar-refractivity contribution in [3.8, 4) is 0 Å². The molecule has 154 valence electrons. The second-order valence-corrected chi connectivity index (χ2v) is 8.78. The molecule has 2 aromatic carbocycles. The van der Waals surface area contributed by atoms with Gasteiger partial charge in [-0.2, -0.15) is 0 Å². The maximum Gasteiger partial charge on any atom is 0.257 e. The molecule has 0 spiro atoms. The van der Waals surface area contributed by atoms with Gasteiger partial charge in [0, 0.05) is 22.0 Å². The van der Waals surface area contributed by atoms with Gasteiger partial charge in [-0.1, -0.05) is 41.9 Å². The minimum absolute atomic E-state index is 0.00718. The topological polar surface area (TPSA) is 71.1 Å². The molecule has 0 aliphatic heterocycles. The zero-order valence-corrected chi connectivity index (χ0v) is 17.9. The highest BCUT2D eigenvalue weighted by Crippen LogP contribution is 2.37. The van der Waals surface area contributed by atoms with Gasteiger partial charge in [0.1, 0.15) is 0 Å². The SMILES string of the molecule is O=C(Nc1nc2c(s1)CCC[C@@H]2C(=O)NCCc1ccccc1)c1ccc(Cl)cc1. The molecule has 5 nitrogen and oxygen atoms in total. The largest absolute Gasteiger partial charge is 0.355 e. The number of carbonyl (C=O) groups excluding carboxylic acids is 2. The predicted molar refractivity (Wildman–Crippen MR) is 120 cm³/mol. The van der Waals surface area contributed by atoms with Gasteiger partial charge in [0.05, 0.1) is 11.6 Å². The van der Waals surface area contributed by atoms with Gasteiger partial charge in [0.25, 0.3) is 5.91 Å². The average Bonchev–Trinajstić information content (AvgIpc) is 3.17. The van der Waals surface area contributed by atoms with Gasteiger partial charge in [-0.05, 0) is 55.5 Å². The van der Waals surface area contributed by atoms with Crippen molar-refractivity contribution in [1.29, 1.82) is 0 Å². The third kappa shape index (κ3) is 4.89. The van der Waals surface area contributed by atoms with E-state index >= 15 is 0 Å². The lowest BCUT2D eigenvalue weighted by Crippen LogP contribution is -2.32. The van der Waals surface area contributed by atoms with E-state index in [1.54, 1.807) is 24.3 Å². The third-order valence-corrected chi connectivity index (χ3v) is 6.45. The first-order valence-electron chi connectivity index (χ1n) is 9.98. The van der Waals surface area contributed by atoms with Crippen molar-refractivity contribution in [2.75, 3.05) is 11.9 Å². The second-order valence-electron chi connectivity index (χ2n) is 7.26. The monoisotopic (exact) mass is 439 g/mol. The molecule has 3 aromatic rings. The number of aryl methyl sites for hydroxylation is 1. The Bertz CT molecular complexity index is 1030. The lowest BCUT2D eigenvalue weighted by molar-refractivity contribution is -0.122. The fourth-order valence-electron chi connectivity index (χ4n) is 3.60. The zero-order chi connectivity index (χ0) is 20.9. The van der Waals surface area contributed by atoms with Crippen LogP contribution in [0.3, 0.4) is 0 Å². The van der Waals surface area contributed by atoms with Crippen LogP contribution in [-0.4, -0.2) is 23.3 Å². The maximum absolute atomic E-state index is 12.8. The number of nitrogens with one attached hydrogen (secondary N) is 2. The van der Waals surface area contributed by atoms with Crippen molar-refractivity contribution in [3.05, 3.63) is 81.3 Å². The van der Waals surface area contributed by atoms with Gasteiger partial charge in [-0.15, -0.1) is 11.3 Å². The summed E-state index contributed by atoms with van der Waals surface area (Å²) in [4.78, 5) is 30.9. The van der Waals surface area contributed by atoms with E-state index in [2.05, 4.69) is 27.8 Å². The number of rotatable bonds is 6. The van der Waals surface area contributed by atoms with Crippen LogP contribution in [0.1, 0.15) is 45.3 Å². The van der Waals surface area contributed by atoms with E-state index in [4.69, 9.17) is 11.6 Å². The lowest BCUT2D eigenvalue weighted by Gasteiger charge is -2.20. The fraction of sp³-hybridized carbons (Fsp3) is 0.261. The smallest absolute Gasteiger partial charge is 0.257 e. The Morgan fingerprint density at radius 1 is 1.10 bits per heavy atom. The van der Waals surface area contributed by atoms with E-state index < -0.39 is 0 Å². The van der Waals surface area contributed by atoms with Crippen LogP contribution in [0.4, 0.5) is 5.13 Å². The van der Waals surface area contributed by atoms with Crippen molar-refractivity contribution in [1.82, 2.24) is 10.3 Å². The van der Waals surface area contributed by atoms with Crippen LogP contribution in [-0.2, 0) is 17.6 Å². The Hall–Kier alpha value is -2.70. The number of fused-ring (bicyclic) bond motifs is 1. The number of benzene rings is 2. The summed E-state index contributed by atoms with van der Waals surface area (Å²) in [6.07, 6.45) is 3.40. The summed E-state index contributed by atoms with van der Waals surface area (Å²) < 4.78 is 0. The lowest BCUT2D eigenvalue weighted by atomic mass is 9.90. The Kier molecular flexibility index (Phi) is 6.45. The Labute approximate surface area is 184 Å². The van der Waals surface area contributed by atoms with E-state index in [1.807, 2.05) is 18.2 Å². The van der Waals surface area contributed by atoms with Crippen molar-refractivity contribution >= 4 is 39.9 Å². The molecule has 7 heteroatoms. The molecule has 1 aromatic heterocycles. The Morgan fingerprint density at radius 2 is 1.87 bits per heavy atom. The summed E-state index contributed by atoms with van der Waals surface area (Å²) in [6, 6.07) is 16.8. The molecule has 0 saturated heterocycles. The summed E-state index contributed by atoms with van der Waals surface area (Å²) in [7, 11) is 0. The molecule has 2 N–H and O–H groups in total. The molecule has 0 bridgehead atoms. The van der Waals surface area contributed by atoms with Gasteiger partial charge < -0.3 is 5.32 Å². The van der Waals surface area contributed by atoms with Gasteiger partial charge in [0.2, 0.25) is 5.91 Å². The van der Waals surface area contributed by atoms with E-state index in [1.165, 1.54) is 16.9 Å². The number of hydrogen-bond donors (Lipinski definition) is 2. The minimum Gasteiger partial charge on any atom is -0.355 e. The molecule has 1 aliphatic rings. The molecule has 0 radical (unpaired) electrons. The molecule has 0 fully saturated rings. The van der Waals surface area contributed by atoms with E-state index in [0.717, 1.165) is 36.3 Å². The molecule has 30 heavy (non-hydrogen) atoms. The fourth-order valence-corrected chi connectivity index (χ4v) is 4.78. The van der Waals surface area contributed by atoms with Crippen LogP contribution in [0.2, 0.25) is 5.02 Å². The number of amides is 2. The number of anilines is 1. The zero-order valence-electron chi connectivity index (χ0n) is 16.4. The van der Waals surface area contributed by atoms with E-state index in [-0.39, 0.29) is 17.7 Å². The number of carbonyl (C=O) groups is 2. The van der Waals surface area contributed by atoms with Gasteiger partial charge in [-0.3, -0.25) is 14.9 Å². The van der Waals surface area contributed by atoms with Crippen molar-refractivity contribution in [2.24, 2.45) is 0 Å².